The summed E-state index contributed by atoms with van der Waals surface area (Å²) in [6, 6.07) is 15.3. The highest BCUT2D eigenvalue weighted by Gasteiger charge is 2.21. The van der Waals surface area contributed by atoms with Crippen LogP contribution in [-0.2, 0) is 10.0 Å². The molecule has 5 nitrogen and oxygen atoms in total. The van der Waals surface area contributed by atoms with E-state index in [1.54, 1.807) is 12.1 Å². The van der Waals surface area contributed by atoms with Crippen LogP contribution in [0, 0.1) is 27.7 Å². The second-order valence-electron chi connectivity index (χ2n) is 7.33. The van der Waals surface area contributed by atoms with Crippen LogP contribution in [0.2, 0.25) is 5.02 Å². The molecule has 0 aromatic heterocycles. The summed E-state index contributed by atoms with van der Waals surface area (Å²) in [7, 11) is -3.99. The normalized spacial score (nSPS) is 11.2. The van der Waals surface area contributed by atoms with Gasteiger partial charge in [-0.2, -0.15) is 0 Å². The molecule has 3 aromatic carbocycles. The van der Waals surface area contributed by atoms with Crippen LogP contribution in [-0.4, -0.2) is 14.3 Å². The number of carbonyl (C=O) groups is 1. The van der Waals surface area contributed by atoms with Crippen molar-refractivity contribution in [1.29, 1.82) is 0 Å². The van der Waals surface area contributed by atoms with Crippen molar-refractivity contribution in [2.24, 2.45) is 0 Å². The molecule has 2 N–H and O–H groups in total. The van der Waals surface area contributed by atoms with Gasteiger partial charge in [0.15, 0.2) is 0 Å². The zero-order valence-electron chi connectivity index (χ0n) is 17.2. The molecular weight excluding hydrogens is 420 g/mol. The molecule has 0 heterocycles. The first-order chi connectivity index (χ1) is 14.1. The maximum Gasteiger partial charge on any atom is 0.263 e. The molecule has 0 fully saturated rings. The van der Waals surface area contributed by atoms with Crippen LogP contribution in [0.4, 0.5) is 11.4 Å². The van der Waals surface area contributed by atoms with E-state index in [1.165, 1.54) is 18.2 Å². The molecule has 0 saturated heterocycles. The van der Waals surface area contributed by atoms with Gasteiger partial charge in [0.25, 0.3) is 15.9 Å². The summed E-state index contributed by atoms with van der Waals surface area (Å²) in [4.78, 5) is 12.6. The van der Waals surface area contributed by atoms with E-state index < -0.39 is 15.9 Å². The molecule has 3 rings (SSSR count). The Morgan fingerprint density at radius 2 is 1.57 bits per heavy atom. The van der Waals surface area contributed by atoms with Crippen molar-refractivity contribution in [2.45, 2.75) is 32.6 Å². The first-order valence-corrected chi connectivity index (χ1v) is 11.2. The Hall–Kier alpha value is -2.83. The lowest BCUT2D eigenvalue weighted by Crippen LogP contribution is -2.17. The average Bonchev–Trinajstić information content (AvgIpc) is 2.64. The van der Waals surface area contributed by atoms with Crippen LogP contribution < -0.4 is 10.0 Å². The van der Waals surface area contributed by atoms with Gasteiger partial charge in [-0.15, -0.1) is 0 Å². The molecule has 0 spiro atoms. The zero-order chi connectivity index (χ0) is 22.1. The number of benzene rings is 3. The molecule has 0 unspecified atom stereocenters. The second-order valence-corrected chi connectivity index (χ2v) is 9.39. The number of rotatable bonds is 5. The minimum atomic E-state index is -3.99. The molecule has 7 heteroatoms. The van der Waals surface area contributed by atoms with Gasteiger partial charge in [-0.25, -0.2) is 8.42 Å². The molecule has 0 aliphatic carbocycles. The Labute approximate surface area is 182 Å². The SMILES string of the molecule is Cc1cc(C)cc(NC(=O)c2ccc(Cl)c(S(=O)(=O)Nc3cccc(C)c3C)c2)c1. The number of hydrogen-bond acceptors (Lipinski definition) is 3. The number of carbonyl (C=O) groups excluding carboxylic acids is 1. The molecule has 156 valence electrons. The highest BCUT2D eigenvalue weighted by Crippen LogP contribution is 2.27. The van der Waals surface area contributed by atoms with Crippen molar-refractivity contribution in [3.05, 3.63) is 87.4 Å². The summed E-state index contributed by atoms with van der Waals surface area (Å²) in [5.74, 6) is -0.417. The zero-order valence-corrected chi connectivity index (χ0v) is 18.8. The van der Waals surface area contributed by atoms with E-state index in [1.807, 2.05) is 52.0 Å². The van der Waals surface area contributed by atoms with Gasteiger partial charge in [0.05, 0.1) is 10.7 Å². The van der Waals surface area contributed by atoms with Crippen molar-refractivity contribution in [3.8, 4) is 0 Å². The van der Waals surface area contributed by atoms with E-state index in [0.717, 1.165) is 22.3 Å². The average molecular weight is 443 g/mol. The van der Waals surface area contributed by atoms with Crippen molar-refractivity contribution in [2.75, 3.05) is 10.0 Å². The van der Waals surface area contributed by atoms with Crippen LogP contribution in [0.1, 0.15) is 32.6 Å². The minimum Gasteiger partial charge on any atom is -0.322 e. The Morgan fingerprint density at radius 1 is 0.900 bits per heavy atom. The predicted octanol–water partition coefficient (Wildman–Crippen LogP) is 5.63. The fourth-order valence-electron chi connectivity index (χ4n) is 3.16. The highest BCUT2D eigenvalue weighted by molar-refractivity contribution is 7.92. The van der Waals surface area contributed by atoms with Crippen LogP contribution in [0.15, 0.2) is 59.5 Å². The quantitative estimate of drug-likeness (QED) is 0.537. The number of hydrogen-bond donors (Lipinski definition) is 2. The van der Waals surface area contributed by atoms with E-state index in [4.69, 9.17) is 11.6 Å². The predicted molar refractivity (Wildman–Crippen MR) is 122 cm³/mol. The summed E-state index contributed by atoms with van der Waals surface area (Å²) in [6.07, 6.45) is 0. The van der Waals surface area contributed by atoms with Crippen molar-refractivity contribution >= 4 is 38.9 Å². The maximum absolute atomic E-state index is 13.0. The molecule has 0 aliphatic rings. The fraction of sp³-hybridized carbons (Fsp3) is 0.174. The summed E-state index contributed by atoms with van der Waals surface area (Å²) in [5, 5.41) is 2.84. The van der Waals surface area contributed by atoms with Gasteiger partial charge in [0.2, 0.25) is 0 Å². The number of nitrogens with one attached hydrogen (secondary N) is 2. The number of aryl methyl sites for hydroxylation is 3. The monoisotopic (exact) mass is 442 g/mol. The second kappa shape index (κ2) is 8.50. The van der Waals surface area contributed by atoms with E-state index in [0.29, 0.717) is 11.4 Å². The Morgan fingerprint density at radius 3 is 2.23 bits per heavy atom. The van der Waals surface area contributed by atoms with E-state index >= 15 is 0 Å². The number of amides is 1. The third-order valence-corrected chi connectivity index (χ3v) is 6.66. The van der Waals surface area contributed by atoms with Crippen LogP contribution in [0.25, 0.3) is 0 Å². The molecular formula is C23H23ClN2O3S. The van der Waals surface area contributed by atoms with Gasteiger partial charge in [-0.1, -0.05) is 29.8 Å². The number of anilines is 2. The Kier molecular flexibility index (Phi) is 6.19. The van der Waals surface area contributed by atoms with Crippen LogP contribution >= 0.6 is 11.6 Å². The van der Waals surface area contributed by atoms with Gasteiger partial charge in [-0.3, -0.25) is 9.52 Å². The van der Waals surface area contributed by atoms with Gasteiger partial charge < -0.3 is 5.32 Å². The molecule has 0 aliphatic heterocycles. The first-order valence-electron chi connectivity index (χ1n) is 9.35. The third kappa shape index (κ3) is 4.83. The molecule has 3 aromatic rings. The molecule has 0 atom stereocenters. The number of halogens is 1. The summed E-state index contributed by atoms with van der Waals surface area (Å²) >= 11 is 6.17. The standard InChI is InChI=1S/C23H23ClN2O3S/c1-14-10-15(2)12-19(11-14)25-23(27)18-8-9-20(24)22(13-18)30(28,29)26-21-7-5-6-16(3)17(21)4/h5-13,26H,1-4H3,(H,25,27). The molecule has 0 bridgehead atoms. The van der Waals surface area contributed by atoms with Crippen molar-refractivity contribution in [1.82, 2.24) is 0 Å². The largest absolute Gasteiger partial charge is 0.322 e. The number of sulfonamides is 1. The van der Waals surface area contributed by atoms with Gasteiger partial charge in [0.1, 0.15) is 4.90 Å². The van der Waals surface area contributed by atoms with E-state index in [2.05, 4.69) is 10.0 Å². The lowest BCUT2D eigenvalue weighted by atomic mass is 10.1. The van der Waals surface area contributed by atoms with Crippen molar-refractivity contribution in [3.63, 3.8) is 0 Å². The lowest BCUT2D eigenvalue weighted by Gasteiger charge is -2.14. The first kappa shape index (κ1) is 21.9. The van der Waals surface area contributed by atoms with Crippen molar-refractivity contribution < 1.29 is 13.2 Å². The maximum atomic E-state index is 13.0. The van der Waals surface area contributed by atoms with Crippen LogP contribution in [0.5, 0.6) is 0 Å². The topological polar surface area (TPSA) is 75.3 Å². The summed E-state index contributed by atoms with van der Waals surface area (Å²) < 4.78 is 28.5. The molecule has 30 heavy (non-hydrogen) atoms. The molecule has 1 amide bonds. The van der Waals surface area contributed by atoms with E-state index in [9.17, 15) is 13.2 Å². The Bertz CT molecular complexity index is 1220. The minimum absolute atomic E-state index is 0.0377. The van der Waals surface area contributed by atoms with E-state index in [-0.39, 0.29) is 15.5 Å². The van der Waals surface area contributed by atoms with Gasteiger partial charge in [-0.05, 0) is 86.3 Å². The van der Waals surface area contributed by atoms with Crippen LogP contribution in [0.3, 0.4) is 0 Å². The van der Waals surface area contributed by atoms with Gasteiger partial charge in [0, 0.05) is 11.3 Å². The summed E-state index contributed by atoms with van der Waals surface area (Å²) in [5.41, 5.74) is 5.12. The molecule has 0 radical (unpaired) electrons. The third-order valence-electron chi connectivity index (χ3n) is 4.81. The summed E-state index contributed by atoms with van der Waals surface area (Å²) in [6.45, 7) is 7.61. The molecule has 0 saturated carbocycles. The van der Waals surface area contributed by atoms with Gasteiger partial charge >= 0.3 is 0 Å². The lowest BCUT2D eigenvalue weighted by molar-refractivity contribution is 0.102. The smallest absolute Gasteiger partial charge is 0.263 e. The highest BCUT2D eigenvalue weighted by atomic mass is 35.5. The Balaban J connectivity index is 1.92. The fourth-order valence-corrected chi connectivity index (χ4v) is 4.81.